The second-order valence-electron chi connectivity index (χ2n) is 11.3. The van der Waals surface area contributed by atoms with Crippen molar-refractivity contribution >= 4 is 17.5 Å². The third kappa shape index (κ3) is 6.52. The van der Waals surface area contributed by atoms with Gasteiger partial charge in [0.25, 0.3) is 11.5 Å². The Hall–Kier alpha value is -4.49. The van der Waals surface area contributed by atoms with Crippen LogP contribution in [0.1, 0.15) is 48.0 Å². The van der Waals surface area contributed by atoms with Crippen molar-refractivity contribution in [3.63, 3.8) is 0 Å². The SMILES string of the molecule is CC(CC(=O)N1CCC(O)(Cn2cc(C(=O)N(C)c3ccccc3)c(-c3ccccc3)cc2=O)CC1)c1ccccc1. The van der Waals surface area contributed by atoms with Gasteiger partial charge in [-0.3, -0.25) is 14.4 Å². The number of benzene rings is 3. The minimum Gasteiger partial charge on any atom is -0.388 e. The molecule has 1 saturated heterocycles. The zero-order valence-corrected chi connectivity index (χ0v) is 24.1. The lowest BCUT2D eigenvalue weighted by Crippen LogP contribution is -2.49. The molecule has 0 saturated carbocycles. The van der Waals surface area contributed by atoms with Crippen LogP contribution in [0.4, 0.5) is 5.69 Å². The average Bonchev–Trinajstić information content (AvgIpc) is 3.02. The summed E-state index contributed by atoms with van der Waals surface area (Å²) in [6.45, 7) is 2.91. The normalized spacial score (nSPS) is 15.2. The Morgan fingerprint density at radius 2 is 1.48 bits per heavy atom. The predicted octanol–water partition coefficient (Wildman–Crippen LogP) is 5.34. The molecule has 1 N–H and O–H groups in total. The summed E-state index contributed by atoms with van der Waals surface area (Å²) in [7, 11) is 1.71. The minimum absolute atomic E-state index is 0.0404. The van der Waals surface area contributed by atoms with Gasteiger partial charge in [-0.25, -0.2) is 0 Å². The smallest absolute Gasteiger partial charge is 0.260 e. The van der Waals surface area contributed by atoms with Crippen LogP contribution in [0.25, 0.3) is 11.1 Å². The molecule has 1 unspecified atom stereocenters. The molecule has 0 spiro atoms. The van der Waals surface area contributed by atoms with Crippen LogP contribution in [0, 0.1) is 0 Å². The van der Waals surface area contributed by atoms with Crippen molar-refractivity contribution in [2.45, 2.75) is 44.2 Å². The van der Waals surface area contributed by atoms with Crippen molar-refractivity contribution in [2.75, 3.05) is 25.0 Å². The highest BCUT2D eigenvalue weighted by Gasteiger charge is 2.35. The summed E-state index contributed by atoms with van der Waals surface area (Å²) in [6.07, 6.45) is 2.67. The first kappa shape index (κ1) is 29.0. The maximum atomic E-state index is 13.8. The number of para-hydroxylation sites is 1. The molecule has 4 aromatic rings. The molecule has 0 bridgehead atoms. The zero-order valence-electron chi connectivity index (χ0n) is 24.1. The number of nitrogens with zero attached hydrogens (tertiary/aromatic N) is 3. The van der Waals surface area contributed by atoms with Crippen LogP contribution in [0.3, 0.4) is 0 Å². The highest BCUT2D eigenvalue weighted by molar-refractivity contribution is 6.09. The topological polar surface area (TPSA) is 82.8 Å². The molecule has 0 radical (unpaired) electrons. The number of carbonyl (C=O) groups excluding carboxylic acids is 2. The minimum atomic E-state index is -1.18. The van der Waals surface area contributed by atoms with Crippen molar-refractivity contribution < 1.29 is 14.7 Å². The quantitative estimate of drug-likeness (QED) is 0.314. The van der Waals surface area contributed by atoms with Crippen LogP contribution >= 0.6 is 0 Å². The molecule has 1 aliphatic heterocycles. The number of amides is 2. The van der Waals surface area contributed by atoms with Gasteiger partial charge in [0.15, 0.2) is 0 Å². The third-order valence-electron chi connectivity index (χ3n) is 8.25. The summed E-state index contributed by atoms with van der Waals surface area (Å²) in [4.78, 5) is 43.5. The molecule has 42 heavy (non-hydrogen) atoms. The van der Waals surface area contributed by atoms with Gasteiger partial charge in [-0.1, -0.05) is 85.8 Å². The summed E-state index contributed by atoms with van der Waals surface area (Å²) in [5, 5.41) is 11.5. The lowest BCUT2D eigenvalue weighted by molar-refractivity contribution is -0.136. The molecule has 2 heterocycles. The van der Waals surface area contributed by atoms with Gasteiger partial charge in [0.1, 0.15) is 0 Å². The molecule has 1 atom stereocenters. The summed E-state index contributed by atoms with van der Waals surface area (Å²) in [5.74, 6) is -0.0884. The molecule has 1 fully saturated rings. The lowest BCUT2D eigenvalue weighted by Gasteiger charge is -2.39. The van der Waals surface area contributed by atoms with E-state index in [0.29, 0.717) is 43.5 Å². The number of anilines is 1. The number of hydrogen-bond acceptors (Lipinski definition) is 4. The lowest BCUT2D eigenvalue weighted by atomic mass is 9.90. The van der Waals surface area contributed by atoms with Crippen molar-refractivity contribution in [1.29, 1.82) is 0 Å². The molecular formula is C35H37N3O4. The molecule has 3 aromatic carbocycles. The standard InChI is InChI=1S/C35H37N3O4/c1-26(27-12-6-3-7-13-27)22-32(39)37-20-18-35(42,19-21-37)25-38-24-31(34(41)36(2)29-16-10-5-11-17-29)30(23-33(38)40)28-14-8-4-9-15-28/h3-17,23-24,26,42H,18-22,25H2,1-2H3. The van der Waals surface area contributed by atoms with E-state index in [9.17, 15) is 19.5 Å². The molecule has 1 aliphatic rings. The average molecular weight is 564 g/mol. The number of pyridine rings is 1. The highest BCUT2D eigenvalue weighted by atomic mass is 16.3. The molecular weight excluding hydrogens is 526 g/mol. The number of hydrogen-bond donors (Lipinski definition) is 1. The van der Waals surface area contributed by atoms with Crippen molar-refractivity contribution in [3.05, 3.63) is 125 Å². The van der Waals surface area contributed by atoms with Gasteiger partial charge in [-0.15, -0.1) is 0 Å². The fourth-order valence-electron chi connectivity index (χ4n) is 5.61. The van der Waals surface area contributed by atoms with E-state index >= 15 is 0 Å². The predicted molar refractivity (Wildman–Crippen MR) is 166 cm³/mol. The first-order chi connectivity index (χ1) is 20.2. The number of aliphatic hydroxyl groups is 1. The number of rotatable bonds is 8. The van der Waals surface area contributed by atoms with E-state index in [2.05, 4.69) is 0 Å². The maximum absolute atomic E-state index is 13.8. The molecule has 1 aromatic heterocycles. The molecule has 7 heteroatoms. The first-order valence-corrected chi connectivity index (χ1v) is 14.4. The molecule has 216 valence electrons. The fourth-order valence-corrected chi connectivity index (χ4v) is 5.61. The number of piperidine rings is 1. The number of likely N-dealkylation sites (tertiary alicyclic amines) is 1. The Kier molecular flexibility index (Phi) is 8.69. The van der Waals surface area contributed by atoms with Gasteiger partial charge in [0.05, 0.1) is 17.7 Å². The Balaban J connectivity index is 1.34. The van der Waals surface area contributed by atoms with Gasteiger partial charge in [-0.05, 0) is 42.0 Å². The molecule has 7 nitrogen and oxygen atoms in total. The van der Waals surface area contributed by atoms with Crippen LogP contribution in [0.2, 0.25) is 0 Å². The van der Waals surface area contributed by atoms with E-state index in [4.69, 9.17) is 0 Å². The monoisotopic (exact) mass is 563 g/mol. The summed E-state index contributed by atoms with van der Waals surface area (Å²) in [6, 6.07) is 30.2. The summed E-state index contributed by atoms with van der Waals surface area (Å²) < 4.78 is 1.44. The third-order valence-corrected chi connectivity index (χ3v) is 8.25. The Morgan fingerprint density at radius 3 is 2.10 bits per heavy atom. The van der Waals surface area contributed by atoms with Crippen LogP contribution in [0.5, 0.6) is 0 Å². The molecule has 0 aliphatic carbocycles. The van der Waals surface area contributed by atoms with Crippen LogP contribution < -0.4 is 10.5 Å². The highest BCUT2D eigenvalue weighted by Crippen LogP contribution is 2.29. The first-order valence-electron chi connectivity index (χ1n) is 14.4. The van der Waals surface area contributed by atoms with Gasteiger partial charge < -0.3 is 19.5 Å². The van der Waals surface area contributed by atoms with E-state index in [0.717, 1.165) is 16.8 Å². The van der Waals surface area contributed by atoms with Crippen molar-refractivity contribution in [1.82, 2.24) is 9.47 Å². The Morgan fingerprint density at radius 1 is 0.905 bits per heavy atom. The van der Waals surface area contributed by atoms with Crippen molar-refractivity contribution in [2.24, 2.45) is 0 Å². The van der Waals surface area contributed by atoms with Gasteiger partial charge in [0, 0.05) is 50.1 Å². The van der Waals surface area contributed by atoms with Crippen LogP contribution in [-0.4, -0.2) is 52.1 Å². The number of carbonyl (C=O) groups is 2. The second kappa shape index (κ2) is 12.6. The molecule has 2 amide bonds. The second-order valence-corrected chi connectivity index (χ2v) is 11.3. The summed E-state index contributed by atoms with van der Waals surface area (Å²) in [5.41, 5.74) is 2.07. The Labute approximate surface area is 246 Å². The van der Waals surface area contributed by atoms with Crippen molar-refractivity contribution in [3.8, 4) is 11.1 Å². The van der Waals surface area contributed by atoms with Gasteiger partial charge in [0.2, 0.25) is 5.91 Å². The van der Waals surface area contributed by atoms with E-state index in [1.54, 1.807) is 23.0 Å². The number of aromatic nitrogens is 1. The molecule has 5 rings (SSSR count). The van der Waals surface area contributed by atoms with E-state index in [-0.39, 0.29) is 29.8 Å². The fraction of sp³-hybridized carbons (Fsp3) is 0.286. The van der Waals surface area contributed by atoms with Crippen LogP contribution in [0.15, 0.2) is 108 Å². The van der Waals surface area contributed by atoms with Gasteiger partial charge in [-0.2, -0.15) is 0 Å². The Bertz CT molecular complexity index is 1580. The zero-order chi connectivity index (χ0) is 29.7. The maximum Gasteiger partial charge on any atom is 0.260 e. The van der Waals surface area contributed by atoms with E-state index in [1.165, 1.54) is 10.6 Å². The van der Waals surface area contributed by atoms with Crippen LogP contribution in [-0.2, 0) is 11.3 Å². The summed E-state index contributed by atoms with van der Waals surface area (Å²) >= 11 is 0. The van der Waals surface area contributed by atoms with Gasteiger partial charge >= 0.3 is 0 Å². The van der Waals surface area contributed by atoms with E-state index < -0.39 is 5.60 Å². The largest absolute Gasteiger partial charge is 0.388 e. The van der Waals surface area contributed by atoms with E-state index in [1.807, 2.05) is 97.9 Å².